The fourth-order valence-electron chi connectivity index (χ4n) is 3.14. The van der Waals surface area contributed by atoms with Crippen molar-refractivity contribution in [2.24, 2.45) is 0 Å². The lowest BCUT2D eigenvalue weighted by Gasteiger charge is -2.13. The fraction of sp³-hybridized carbons (Fsp3) is 0.0435. The van der Waals surface area contributed by atoms with E-state index in [-0.39, 0.29) is 16.9 Å². The summed E-state index contributed by atoms with van der Waals surface area (Å²) in [4.78, 5) is 50.2. The van der Waals surface area contributed by atoms with E-state index in [2.05, 4.69) is 5.32 Å². The second kappa shape index (κ2) is 8.82. The van der Waals surface area contributed by atoms with Crippen LogP contribution in [0.3, 0.4) is 0 Å². The average molecular weight is 469 g/mol. The van der Waals surface area contributed by atoms with Crippen LogP contribution in [0.15, 0.2) is 66.7 Å². The fourth-order valence-corrected chi connectivity index (χ4v) is 3.47. The van der Waals surface area contributed by atoms with Gasteiger partial charge in [-0.25, -0.2) is 4.79 Å². The van der Waals surface area contributed by atoms with Gasteiger partial charge in [0.2, 0.25) is 0 Å². The Hall–Kier alpha value is -3.68. The number of anilines is 1. The number of hydrogen-bond acceptors (Lipinski definition) is 5. The molecule has 9 heteroatoms. The van der Waals surface area contributed by atoms with Gasteiger partial charge in [-0.3, -0.25) is 19.3 Å². The zero-order valence-corrected chi connectivity index (χ0v) is 17.8. The van der Waals surface area contributed by atoms with E-state index in [0.717, 1.165) is 4.90 Å². The Morgan fingerprint density at radius 2 is 1.50 bits per heavy atom. The van der Waals surface area contributed by atoms with Crippen LogP contribution in [0.5, 0.6) is 5.75 Å². The lowest BCUT2D eigenvalue weighted by atomic mass is 10.1. The third-order valence-corrected chi connectivity index (χ3v) is 5.25. The van der Waals surface area contributed by atoms with Gasteiger partial charge in [0.05, 0.1) is 21.8 Å². The first-order chi connectivity index (χ1) is 15.3. The Bertz CT molecular complexity index is 1220. The van der Waals surface area contributed by atoms with Gasteiger partial charge in [0.25, 0.3) is 17.7 Å². The monoisotopic (exact) mass is 468 g/mol. The van der Waals surface area contributed by atoms with Crippen LogP contribution in [0.25, 0.3) is 0 Å². The largest absolute Gasteiger partial charge is 0.425 e. The van der Waals surface area contributed by atoms with E-state index in [1.54, 1.807) is 24.3 Å². The topological polar surface area (TPSA) is 92.8 Å². The maximum absolute atomic E-state index is 12.4. The van der Waals surface area contributed by atoms with Crippen LogP contribution in [0.4, 0.5) is 5.69 Å². The minimum absolute atomic E-state index is 0.156. The third kappa shape index (κ3) is 4.34. The molecule has 7 nitrogen and oxygen atoms in total. The van der Waals surface area contributed by atoms with Gasteiger partial charge >= 0.3 is 5.97 Å². The van der Waals surface area contributed by atoms with E-state index in [1.165, 1.54) is 42.5 Å². The number of imide groups is 1. The SMILES string of the molecule is O=C(CN1C(=O)c2ccccc2C1=O)Oc1ccc(C(=O)Nc2cc(Cl)ccc2Cl)cc1. The molecule has 4 rings (SSSR count). The Kier molecular flexibility index (Phi) is 5.94. The number of nitrogens with one attached hydrogen (secondary N) is 1. The molecular weight excluding hydrogens is 455 g/mol. The van der Waals surface area contributed by atoms with Crippen molar-refractivity contribution in [3.8, 4) is 5.75 Å². The number of ether oxygens (including phenoxy) is 1. The normalized spacial score (nSPS) is 12.5. The molecule has 0 aromatic heterocycles. The van der Waals surface area contributed by atoms with Gasteiger partial charge in [-0.15, -0.1) is 0 Å². The van der Waals surface area contributed by atoms with Crippen molar-refractivity contribution in [3.05, 3.63) is 93.5 Å². The Morgan fingerprint density at radius 3 is 2.12 bits per heavy atom. The van der Waals surface area contributed by atoms with Crippen molar-refractivity contribution in [2.75, 3.05) is 11.9 Å². The number of esters is 1. The summed E-state index contributed by atoms with van der Waals surface area (Å²) in [5, 5.41) is 3.41. The molecule has 1 aliphatic heterocycles. The van der Waals surface area contributed by atoms with Crippen molar-refractivity contribution in [1.29, 1.82) is 0 Å². The molecule has 32 heavy (non-hydrogen) atoms. The van der Waals surface area contributed by atoms with E-state index in [0.29, 0.717) is 21.3 Å². The molecule has 1 aliphatic rings. The standard InChI is InChI=1S/C23H14Cl2N2O5/c24-14-7-10-18(25)19(11-14)26-21(29)13-5-8-15(9-6-13)32-20(28)12-27-22(30)16-3-1-2-4-17(16)23(27)31/h1-11H,12H2,(H,26,29). The molecule has 0 bridgehead atoms. The van der Waals surface area contributed by atoms with Crippen LogP contribution in [0.2, 0.25) is 10.0 Å². The van der Waals surface area contributed by atoms with Crippen LogP contribution in [0, 0.1) is 0 Å². The first kappa shape index (κ1) is 21.5. The second-order valence-corrected chi connectivity index (χ2v) is 7.66. The summed E-state index contributed by atoms with van der Waals surface area (Å²) in [6.45, 7) is -0.526. The molecule has 0 saturated carbocycles. The average Bonchev–Trinajstić information content (AvgIpc) is 3.02. The van der Waals surface area contributed by atoms with E-state index in [4.69, 9.17) is 27.9 Å². The number of carbonyl (C=O) groups excluding carboxylic acids is 4. The molecule has 0 atom stereocenters. The first-order valence-corrected chi connectivity index (χ1v) is 10.1. The highest BCUT2D eigenvalue weighted by atomic mass is 35.5. The number of amides is 3. The highest BCUT2D eigenvalue weighted by Crippen LogP contribution is 2.26. The van der Waals surface area contributed by atoms with Crippen LogP contribution < -0.4 is 10.1 Å². The molecule has 0 spiro atoms. The molecule has 160 valence electrons. The highest BCUT2D eigenvalue weighted by molar-refractivity contribution is 6.35. The quantitative estimate of drug-likeness (QED) is 0.339. The van der Waals surface area contributed by atoms with Crippen molar-refractivity contribution >= 4 is 52.6 Å². The van der Waals surface area contributed by atoms with Crippen LogP contribution in [0.1, 0.15) is 31.1 Å². The van der Waals surface area contributed by atoms with Crippen LogP contribution >= 0.6 is 23.2 Å². The third-order valence-electron chi connectivity index (χ3n) is 4.69. The van der Waals surface area contributed by atoms with Crippen LogP contribution in [-0.4, -0.2) is 35.1 Å². The molecule has 0 radical (unpaired) electrons. The van der Waals surface area contributed by atoms with Crippen LogP contribution in [-0.2, 0) is 4.79 Å². The number of hydrogen-bond donors (Lipinski definition) is 1. The Balaban J connectivity index is 1.38. The molecule has 0 unspecified atom stereocenters. The van der Waals surface area contributed by atoms with Gasteiger partial charge in [-0.2, -0.15) is 0 Å². The maximum atomic E-state index is 12.4. The summed E-state index contributed by atoms with van der Waals surface area (Å²) < 4.78 is 5.20. The van der Waals surface area contributed by atoms with Gasteiger partial charge in [0.1, 0.15) is 12.3 Å². The van der Waals surface area contributed by atoms with E-state index in [9.17, 15) is 19.2 Å². The van der Waals surface area contributed by atoms with E-state index >= 15 is 0 Å². The summed E-state index contributed by atoms with van der Waals surface area (Å²) in [6, 6.07) is 16.8. The first-order valence-electron chi connectivity index (χ1n) is 9.36. The Labute approximate surface area is 192 Å². The molecular formula is C23H14Cl2N2O5. The zero-order valence-electron chi connectivity index (χ0n) is 16.3. The maximum Gasteiger partial charge on any atom is 0.331 e. The van der Waals surface area contributed by atoms with Crippen molar-refractivity contribution < 1.29 is 23.9 Å². The van der Waals surface area contributed by atoms with E-state index in [1.807, 2.05) is 0 Å². The van der Waals surface area contributed by atoms with Gasteiger partial charge in [0.15, 0.2) is 0 Å². The summed E-state index contributed by atoms with van der Waals surface area (Å²) in [5.74, 6) is -2.16. The number of nitrogens with zero attached hydrogens (tertiary/aromatic N) is 1. The minimum Gasteiger partial charge on any atom is -0.425 e. The molecule has 3 aromatic carbocycles. The summed E-state index contributed by atoms with van der Waals surface area (Å²) >= 11 is 12.0. The smallest absolute Gasteiger partial charge is 0.331 e. The molecule has 3 aromatic rings. The lowest BCUT2D eigenvalue weighted by molar-refractivity contribution is -0.134. The lowest BCUT2D eigenvalue weighted by Crippen LogP contribution is -2.36. The highest BCUT2D eigenvalue weighted by Gasteiger charge is 2.36. The number of fused-ring (bicyclic) bond motifs is 1. The molecule has 0 aliphatic carbocycles. The van der Waals surface area contributed by atoms with Crippen molar-refractivity contribution in [3.63, 3.8) is 0 Å². The number of rotatable bonds is 5. The van der Waals surface area contributed by atoms with Crippen molar-refractivity contribution in [1.82, 2.24) is 4.90 Å². The Morgan fingerprint density at radius 1 is 0.875 bits per heavy atom. The van der Waals surface area contributed by atoms with Crippen molar-refractivity contribution in [2.45, 2.75) is 0 Å². The number of carbonyl (C=O) groups is 4. The van der Waals surface area contributed by atoms with Gasteiger partial charge in [-0.1, -0.05) is 35.3 Å². The molecule has 0 fully saturated rings. The second-order valence-electron chi connectivity index (χ2n) is 6.82. The number of benzene rings is 3. The van der Waals surface area contributed by atoms with Gasteiger partial charge < -0.3 is 10.1 Å². The van der Waals surface area contributed by atoms with Gasteiger partial charge in [0, 0.05) is 10.6 Å². The molecule has 1 heterocycles. The summed E-state index contributed by atoms with van der Waals surface area (Å²) in [5.41, 5.74) is 1.16. The van der Waals surface area contributed by atoms with Gasteiger partial charge in [-0.05, 0) is 54.6 Å². The van der Waals surface area contributed by atoms with E-state index < -0.39 is 30.2 Å². The summed E-state index contributed by atoms with van der Waals surface area (Å²) in [7, 11) is 0. The number of halogens is 2. The minimum atomic E-state index is -0.789. The summed E-state index contributed by atoms with van der Waals surface area (Å²) in [6.07, 6.45) is 0. The predicted molar refractivity (Wildman–Crippen MR) is 118 cm³/mol. The predicted octanol–water partition coefficient (Wildman–Crippen LogP) is 4.45. The molecule has 0 saturated heterocycles. The molecule has 3 amide bonds. The molecule has 1 N–H and O–H groups in total. The zero-order chi connectivity index (χ0) is 22.8.